The topological polar surface area (TPSA) is 102 Å². The number of pyridine rings is 1. The summed E-state index contributed by atoms with van der Waals surface area (Å²) < 4.78 is 15.3. The molecule has 2 heterocycles. The highest BCUT2D eigenvalue weighted by Gasteiger charge is 2.28. The quantitative estimate of drug-likeness (QED) is 0.633. The number of carbonyl (C=O) groups is 1. The van der Waals surface area contributed by atoms with Gasteiger partial charge in [0.05, 0.1) is 21.3 Å². The predicted molar refractivity (Wildman–Crippen MR) is 110 cm³/mol. The number of nitrogens with one attached hydrogen (secondary N) is 1. The van der Waals surface area contributed by atoms with E-state index in [2.05, 4.69) is 15.0 Å². The first kappa shape index (κ1) is 21.0. The van der Waals surface area contributed by atoms with E-state index in [1.54, 1.807) is 19.9 Å². The van der Waals surface area contributed by atoms with Crippen LogP contribution in [0.25, 0.3) is 22.6 Å². The molecule has 0 radical (unpaired) electrons. The van der Waals surface area contributed by atoms with Crippen LogP contribution in [-0.4, -0.2) is 20.9 Å². The van der Waals surface area contributed by atoms with Crippen molar-refractivity contribution in [3.63, 3.8) is 0 Å². The number of halogens is 3. The van der Waals surface area contributed by atoms with Gasteiger partial charge in [0.25, 0.3) is 5.56 Å². The number of benzene rings is 1. The van der Waals surface area contributed by atoms with Crippen molar-refractivity contribution in [1.82, 2.24) is 15.0 Å². The number of nitrogens with two attached hydrogens (primary N) is 1. The van der Waals surface area contributed by atoms with Crippen molar-refractivity contribution in [2.24, 2.45) is 11.1 Å². The minimum absolute atomic E-state index is 0.0475. The molecule has 0 unspecified atom stereocenters. The Bertz CT molecular complexity index is 1160. The summed E-state index contributed by atoms with van der Waals surface area (Å²) in [5.41, 5.74) is 4.84. The van der Waals surface area contributed by atoms with Gasteiger partial charge in [-0.1, -0.05) is 43.1 Å². The SMILES string of the molecule is CC(C)(Cc1ccc(Cl)c(-c2nc(-c3cncc(Cl)c3)cc(=O)[nH]2)c1F)C(N)=O. The van der Waals surface area contributed by atoms with E-state index >= 15 is 4.39 Å². The third kappa shape index (κ3) is 4.46. The van der Waals surface area contributed by atoms with E-state index in [-0.39, 0.29) is 34.1 Å². The van der Waals surface area contributed by atoms with Crippen LogP contribution in [-0.2, 0) is 11.2 Å². The van der Waals surface area contributed by atoms with Crippen molar-refractivity contribution < 1.29 is 9.18 Å². The summed E-state index contributed by atoms with van der Waals surface area (Å²) in [7, 11) is 0. The molecule has 3 N–H and O–H groups in total. The Morgan fingerprint density at radius 2 is 1.97 bits per heavy atom. The molecule has 2 aromatic heterocycles. The Labute approximate surface area is 175 Å². The van der Waals surface area contributed by atoms with Crippen molar-refractivity contribution in [1.29, 1.82) is 0 Å². The number of hydrogen-bond donors (Lipinski definition) is 2. The summed E-state index contributed by atoms with van der Waals surface area (Å²) in [5, 5.41) is 0.429. The average molecular weight is 435 g/mol. The normalized spacial score (nSPS) is 11.5. The van der Waals surface area contributed by atoms with Crippen LogP contribution in [0.5, 0.6) is 0 Å². The van der Waals surface area contributed by atoms with Gasteiger partial charge in [-0.05, 0) is 24.1 Å². The van der Waals surface area contributed by atoms with E-state index in [0.717, 1.165) is 0 Å². The molecule has 0 aliphatic rings. The summed E-state index contributed by atoms with van der Waals surface area (Å²) in [6.45, 7) is 3.24. The van der Waals surface area contributed by atoms with Gasteiger partial charge in [0.1, 0.15) is 11.6 Å². The summed E-state index contributed by atoms with van der Waals surface area (Å²) >= 11 is 12.2. The average Bonchev–Trinajstić information content (AvgIpc) is 2.63. The molecule has 1 aromatic carbocycles. The minimum atomic E-state index is -0.971. The van der Waals surface area contributed by atoms with Gasteiger partial charge in [0, 0.05) is 29.4 Å². The summed E-state index contributed by atoms with van der Waals surface area (Å²) in [6.07, 6.45) is 2.99. The molecule has 0 aliphatic heterocycles. The van der Waals surface area contributed by atoms with E-state index in [1.165, 1.54) is 30.6 Å². The molecule has 29 heavy (non-hydrogen) atoms. The van der Waals surface area contributed by atoms with Gasteiger partial charge in [-0.15, -0.1) is 0 Å². The van der Waals surface area contributed by atoms with Crippen LogP contribution >= 0.6 is 23.2 Å². The number of aromatic amines is 1. The Morgan fingerprint density at radius 3 is 2.62 bits per heavy atom. The largest absolute Gasteiger partial charge is 0.369 e. The van der Waals surface area contributed by atoms with E-state index in [4.69, 9.17) is 28.9 Å². The fourth-order valence-corrected chi connectivity index (χ4v) is 3.20. The van der Waals surface area contributed by atoms with Crippen LogP contribution in [0.2, 0.25) is 10.0 Å². The Morgan fingerprint density at radius 1 is 1.24 bits per heavy atom. The summed E-state index contributed by atoms with van der Waals surface area (Å²) in [5.74, 6) is -1.29. The Balaban J connectivity index is 2.15. The van der Waals surface area contributed by atoms with E-state index < -0.39 is 22.7 Å². The maximum absolute atomic E-state index is 15.3. The third-order valence-electron chi connectivity index (χ3n) is 4.45. The summed E-state index contributed by atoms with van der Waals surface area (Å²) in [4.78, 5) is 34.6. The van der Waals surface area contributed by atoms with Gasteiger partial charge in [-0.2, -0.15) is 0 Å². The molecule has 0 atom stereocenters. The Kier molecular flexibility index (Phi) is 5.73. The van der Waals surface area contributed by atoms with Gasteiger partial charge in [-0.3, -0.25) is 14.6 Å². The maximum Gasteiger partial charge on any atom is 0.251 e. The highest BCUT2D eigenvalue weighted by molar-refractivity contribution is 6.33. The number of amides is 1. The molecule has 0 bridgehead atoms. The van der Waals surface area contributed by atoms with Crippen molar-refractivity contribution in [3.05, 3.63) is 68.4 Å². The number of nitrogens with zero attached hydrogens (tertiary/aromatic N) is 2. The molecule has 3 aromatic rings. The molecular weight excluding hydrogens is 418 g/mol. The monoisotopic (exact) mass is 434 g/mol. The number of rotatable bonds is 5. The second kappa shape index (κ2) is 7.93. The minimum Gasteiger partial charge on any atom is -0.369 e. The van der Waals surface area contributed by atoms with E-state index in [0.29, 0.717) is 10.6 Å². The maximum atomic E-state index is 15.3. The molecule has 1 amide bonds. The number of aromatic nitrogens is 3. The molecule has 0 fully saturated rings. The molecule has 0 aliphatic carbocycles. The zero-order valence-corrected chi connectivity index (χ0v) is 17.1. The van der Waals surface area contributed by atoms with Crippen molar-refractivity contribution in [2.75, 3.05) is 0 Å². The molecule has 0 saturated carbocycles. The highest BCUT2D eigenvalue weighted by Crippen LogP contribution is 2.33. The lowest BCUT2D eigenvalue weighted by molar-refractivity contribution is -0.125. The molecule has 150 valence electrons. The van der Waals surface area contributed by atoms with Crippen molar-refractivity contribution in [3.8, 4) is 22.6 Å². The molecular formula is C20H17Cl2FN4O2. The number of H-pyrrole nitrogens is 1. The van der Waals surface area contributed by atoms with Crippen LogP contribution in [0, 0.1) is 11.2 Å². The lowest BCUT2D eigenvalue weighted by Gasteiger charge is -2.21. The number of carbonyl (C=O) groups excluding carboxylic acids is 1. The van der Waals surface area contributed by atoms with Gasteiger partial charge >= 0.3 is 0 Å². The van der Waals surface area contributed by atoms with Crippen LogP contribution < -0.4 is 11.3 Å². The molecule has 0 saturated heterocycles. The standard InChI is InChI=1S/C20H17Cl2FN4O2/c1-20(2,19(24)29)7-10-3-4-13(22)16(17(10)23)18-26-14(6-15(28)27-18)11-5-12(21)9-25-8-11/h3-6,8-9H,7H2,1-2H3,(H2,24,29)(H,26,27,28). The molecule has 0 spiro atoms. The van der Waals surface area contributed by atoms with Crippen molar-refractivity contribution in [2.45, 2.75) is 20.3 Å². The molecule has 6 nitrogen and oxygen atoms in total. The van der Waals surface area contributed by atoms with Crippen LogP contribution in [0.3, 0.4) is 0 Å². The van der Waals surface area contributed by atoms with E-state index in [1.807, 2.05) is 0 Å². The first-order chi connectivity index (χ1) is 13.6. The van der Waals surface area contributed by atoms with Crippen molar-refractivity contribution >= 4 is 29.1 Å². The van der Waals surface area contributed by atoms with Gasteiger partial charge < -0.3 is 10.7 Å². The summed E-state index contributed by atoms with van der Waals surface area (Å²) in [6, 6.07) is 5.81. The van der Waals surface area contributed by atoms with Gasteiger partial charge in [-0.25, -0.2) is 9.37 Å². The fraction of sp³-hybridized carbons (Fsp3) is 0.200. The van der Waals surface area contributed by atoms with E-state index in [9.17, 15) is 9.59 Å². The van der Waals surface area contributed by atoms with Crippen LogP contribution in [0.1, 0.15) is 19.4 Å². The van der Waals surface area contributed by atoms with Crippen LogP contribution in [0.15, 0.2) is 41.5 Å². The first-order valence-corrected chi connectivity index (χ1v) is 9.33. The highest BCUT2D eigenvalue weighted by atomic mass is 35.5. The Hall–Kier alpha value is -2.77. The third-order valence-corrected chi connectivity index (χ3v) is 4.97. The fourth-order valence-electron chi connectivity index (χ4n) is 2.79. The zero-order valence-electron chi connectivity index (χ0n) is 15.6. The molecule has 3 rings (SSSR count). The lowest BCUT2D eigenvalue weighted by Crippen LogP contribution is -2.33. The smallest absolute Gasteiger partial charge is 0.251 e. The predicted octanol–water partition coefficient (Wildman–Crippen LogP) is 4.00. The second-order valence-electron chi connectivity index (χ2n) is 7.19. The lowest BCUT2D eigenvalue weighted by atomic mass is 9.84. The zero-order chi connectivity index (χ0) is 21.3. The molecule has 9 heteroatoms. The van der Waals surface area contributed by atoms with Gasteiger partial charge in [0.15, 0.2) is 0 Å². The van der Waals surface area contributed by atoms with Crippen LogP contribution in [0.4, 0.5) is 4.39 Å². The number of primary amides is 1. The van der Waals surface area contributed by atoms with Gasteiger partial charge in [0.2, 0.25) is 5.91 Å². The second-order valence-corrected chi connectivity index (χ2v) is 8.04. The number of hydrogen-bond acceptors (Lipinski definition) is 4. The first-order valence-electron chi connectivity index (χ1n) is 8.58.